The lowest BCUT2D eigenvalue weighted by atomic mass is 9.63. The molecule has 1 saturated heterocycles. The maximum atomic E-state index is 12.6. The van der Waals surface area contributed by atoms with E-state index in [1.54, 1.807) is 0 Å². The van der Waals surface area contributed by atoms with Gasteiger partial charge in [0.1, 0.15) is 0 Å². The fourth-order valence-electron chi connectivity index (χ4n) is 4.58. The molecule has 0 radical (unpaired) electrons. The van der Waals surface area contributed by atoms with Gasteiger partial charge in [0, 0.05) is 12.6 Å². The van der Waals surface area contributed by atoms with E-state index < -0.39 is 0 Å². The molecule has 3 nitrogen and oxygen atoms in total. The molecule has 0 spiro atoms. The van der Waals surface area contributed by atoms with Crippen LogP contribution in [0.2, 0.25) is 0 Å². The SMILES string of the molecule is CCCNC1CCN(C2CC(C)(C)CC(C)(C)C2)C1=O. The molecule has 1 heterocycles. The van der Waals surface area contributed by atoms with Crippen LogP contribution in [0.1, 0.15) is 66.7 Å². The van der Waals surface area contributed by atoms with Gasteiger partial charge >= 0.3 is 0 Å². The van der Waals surface area contributed by atoms with E-state index in [4.69, 9.17) is 0 Å². The maximum absolute atomic E-state index is 12.6. The number of carbonyl (C=O) groups is 1. The molecular formula is C17H32N2O. The van der Waals surface area contributed by atoms with E-state index >= 15 is 0 Å². The van der Waals surface area contributed by atoms with Crippen molar-refractivity contribution >= 4 is 5.91 Å². The number of hydrogen-bond acceptors (Lipinski definition) is 2. The smallest absolute Gasteiger partial charge is 0.240 e. The summed E-state index contributed by atoms with van der Waals surface area (Å²) in [4.78, 5) is 14.8. The molecule has 20 heavy (non-hydrogen) atoms. The zero-order chi connectivity index (χ0) is 15.0. The van der Waals surface area contributed by atoms with Gasteiger partial charge in [-0.2, -0.15) is 0 Å². The number of nitrogens with zero attached hydrogens (tertiary/aromatic N) is 1. The lowest BCUT2D eigenvalue weighted by Gasteiger charge is -2.47. The molecule has 1 unspecified atom stereocenters. The molecule has 2 rings (SSSR count). The highest BCUT2D eigenvalue weighted by molar-refractivity contribution is 5.84. The van der Waals surface area contributed by atoms with Gasteiger partial charge in [0.2, 0.25) is 5.91 Å². The standard InChI is InChI=1S/C17H32N2O/c1-6-8-18-14-7-9-19(15(14)20)13-10-16(2,3)12-17(4,5)11-13/h13-14,18H,6-12H2,1-5H3. The van der Waals surface area contributed by atoms with E-state index in [1.807, 2.05) is 0 Å². The van der Waals surface area contributed by atoms with Gasteiger partial charge in [-0.05, 0) is 49.5 Å². The summed E-state index contributed by atoms with van der Waals surface area (Å²) in [5.41, 5.74) is 0.698. The van der Waals surface area contributed by atoms with Gasteiger partial charge in [-0.25, -0.2) is 0 Å². The monoisotopic (exact) mass is 280 g/mol. The fraction of sp³-hybridized carbons (Fsp3) is 0.941. The van der Waals surface area contributed by atoms with E-state index in [2.05, 4.69) is 44.8 Å². The zero-order valence-electron chi connectivity index (χ0n) is 14.0. The first kappa shape index (κ1) is 15.8. The van der Waals surface area contributed by atoms with E-state index in [9.17, 15) is 4.79 Å². The van der Waals surface area contributed by atoms with Gasteiger partial charge in [-0.3, -0.25) is 4.79 Å². The van der Waals surface area contributed by atoms with Crippen LogP contribution < -0.4 is 5.32 Å². The Hall–Kier alpha value is -0.570. The first-order valence-electron chi connectivity index (χ1n) is 8.28. The molecule has 3 heteroatoms. The van der Waals surface area contributed by atoms with E-state index in [0.29, 0.717) is 22.8 Å². The van der Waals surface area contributed by atoms with Crippen molar-refractivity contribution in [1.82, 2.24) is 10.2 Å². The minimum absolute atomic E-state index is 0.0723. The lowest BCUT2D eigenvalue weighted by Crippen LogP contribution is -2.49. The van der Waals surface area contributed by atoms with Crippen LogP contribution in [0.15, 0.2) is 0 Å². The Morgan fingerprint density at radius 1 is 1.20 bits per heavy atom. The van der Waals surface area contributed by atoms with Crippen molar-refractivity contribution in [3.63, 3.8) is 0 Å². The summed E-state index contributed by atoms with van der Waals surface area (Å²) in [7, 11) is 0. The summed E-state index contributed by atoms with van der Waals surface area (Å²) >= 11 is 0. The van der Waals surface area contributed by atoms with Crippen LogP contribution in [-0.2, 0) is 4.79 Å². The summed E-state index contributed by atoms with van der Waals surface area (Å²) in [5, 5.41) is 3.40. The molecule has 116 valence electrons. The first-order valence-corrected chi connectivity index (χ1v) is 8.28. The van der Waals surface area contributed by atoms with Gasteiger partial charge in [0.05, 0.1) is 6.04 Å². The second-order valence-electron chi connectivity index (χ2n) is 8.39. The van der Waals surface area contributed by atoms with E-state index in [0.717, 1.165) is 38.8 Å². The van der Waals surface area contributed by atoms with Gasteiger partial charge in [0.25, 0.3) is 0 Å². The third-order valence-corrected chi connectivity index (χ3v) is 4.85. The maximum Gasteiger partial charge on any atom is 0.240 e. The second kappa shape index (κ2) is 5.67. The Morgan fingerprint density at radius 3 is 2.35 bits per heavy atom. The van der Waals surface area contributed by atoms with Crippen LogP contribution in [0.4, 0.5) is 0 Å². The summed E-state index contributed by atoms with van der Waals surface area (Å²) in [5.74, 6) is 0.344. The predicted molar refractivity (Wildman–Crippen MR) is 83.6 cm³/mol. The van der Waals surface area contributed by atoms with Gasteiger partial charge < -0.3 is 10.2 Å². The molecule has 1 aliphatic carbocycles. The Bertz CT molecular complexity index is 346. The molecule has 0 aromatic rings. The summed E-state index contributed by atoms with van der Waals surface area (Å²) in [6.07, 6.45) is 5.64. The summed E-state index contributed by atoms with van der Waals surface area (Å²) in [6.45, 7) is 13.5. The molecule has 1 saturated carbocycles. The molecule has 1 aliphatic heterocycles. The molecular weight excluding hydrogens is 248 g/mol. The van der Waals surface area contributed by atoms with Crippen LogP contribution in [0.3, 0.4) is 0 Å². The number of carbonyl (C=O) groups excluding carboxylic acids is 1. The van der Waals surface area contributed by atoms with Gasteiger partial charge in [0.15, 0.2) is 0 Å². The Morgan fingerprint density at radius 2 is 1.80 bits per heavy atom. The van der Waals surface area contributed by atoms with Crippen LogP contribution in [0, 0.1) is 10.8 Å². The average Bonchev–Trinajstić information content (AvgIpc) is 2.64. The van der Waals surface area contributed by atoms with E-state index in [-0.39, 0.29) is 6.04 Å². The molecule has 1 atom stereocenters. The number of nitrogens with one attached hydrogen (secondary N) is 1. The average molecular weight is 280 g/mol. The van der Waals surface area contributed by atoms with Crippen molar-refractivity contribution in [2.75, 3.05) is 13.1 Å². The van der Waals surface area contributed by atoms with Crippen LogP contribution in [0.5, 0.6) is 0 Å². The van der Waals surface area contributed by atoms with Crippen LogP contribution >= 0.6 is 0 Å². The Balaban J connectivity index is 2.03. The third-order valence-electron chi connectivity index (χ3n) is 4.85. The minimum atomic E-state index is 0.0723. The molecule has 2 fully saturated rings. The topological polar surface area (TPSA) is 32.3 Å². The molecule has 0 aromatic carbocycles. The zero-order valence-corrected chi connectivity index (χ0v) is 14.0. The van der Waals surface area contributed by atoms with Crippen molar-refractivity contribution in [1.29, 1.82) is 0 Å². The number of hydrogen-bond donors (Lipinski definition) is 1. The van der Waals surface area contributed by atoms with Crippen LogP contribution in [0.25, 0.3) is 0 Å². The highest BCUT2D eigenvalue weighted by Crippen LogP contribution is 2.47. The van der Waals surface area contributed by atoms with E-state index in [1.165, 1.54) is 6.42 Å². The second-order valence-corrected chi connectivity index (χ2v) is 8.39. The largest absolute Gasteiger partial charge is 0.338 e. The molecule has 2 aliphatic rings. The van der Waals surface area contributed by atoms with Crippen molar-refractivity contribution in [2.24, 2.45) is 10.8 Å². The van der Waals surface area contributed by atoms with Gasteiger partial charge in [-0.1, -0.05) is 34.6 Å². The molecule has 0 aromatic heterocycles. The minimum Gasteiger partial charge on any atom is -0.338 e. The van der Waals surface area contributed by atoms with Crippen LogP contribution in [-0.4, -0.2) is 36.0 Å². The Labute approximate surface area is 124 Å². The van der Waals surface area contributed by atoms with Crippen molar-refractivity contribution < 1.29 is 4.79 Å². The fourth-order valence-corrected chi connectivity index (χ4v) is 4.58. The number of amides is 1. The third kappa shape index (κ3) is 3.55. The van der Waals surface area contributed by atoms with Gasteiger partial charge in [-0.15, -0.1) is 0 Å². The molecule has 0 bridgehead atoms. The highest BCUT2D eigenvalue weighted by Gasteiger charge is 2.44. The number of likely N-dealkylation sites (tertiary alicyclic amines) is 1. The van der Waals surface area contributed by atoms with Crippen molar-refractivity contribution in [2.45, 2.75) is 78.8 Å². The highest BCUT2D eigenvalue weighted by atomic mass is 16.2. The lowest BCUT2D eigenvalue weighted by molar-refractivity contribution is -0.133. The predicted octanol–water partition coefficient (Wildman–Crippen LogP) is 3.19. The first-order chi connectivity index (χ1) is 9.24. The quantitative estimate of drug-likeness (QED) is 0.857. The molecule has 1 amide bonds. The summed E-state index contributed by atoms with van der Waals surface area (Å²) < 4.78 is 0. The van der Waals surface area contributed by atoms with Crippen molar-refractivity contribution in [3.8, 4) is 0 Å². The Kier molecular flexibility index (Phi) is 4.48. The molecule has 1 N–H and O–H groups in total. The van der Waals surface area contributed by atoms with Crippen molar-refractivity contribution in [3.05, 3.63) is 0 Å². The number of rotatable bonds is 4. The summed E-state index contributed by atoms with van der Waals surface area (Å²) in [6, 6.07) is 0.512. The normalized spacial score (nSPS) is 29.9.